The van der Waals surface area contributed by atoms with E-state index in [0.717, 1.165) is 18.6 Å². The summed E-state index contributed by atoms with van der Waals surface area (Å²) in [4.78, 5) is 11.9. The molecule has 1 amide bonds. The fourth-order valence-electron chi connectivity index (χ4n) is 1.86. The van der Waals surface area contributed by atoms with Crippen LogP contribution in [-0.2, 0) is 12.9 Å². The number of nitrogens with zero attached hydrogens (tertiary/aromatic N) is 2. The maximum absolute atomic E-state index is 12.6. The highest BCUT2D eigenvalue weighted by Crippen LogP contribution is 2.31. The Balaban J connectivity index is 1.97. The van der Waals surface area contributed by atoms with Gasteiger partial charge >= 0.3 is 6.18 Å². The number of benzene rings is 1. The predicted octanol–water partition coefficient (Wildman–Crippen LogP) is 3.47. The molecule has 1 aromatic heterocycles. The van der Waals surface area contributed by atoms with Crippen LogP contribution in [0.2, 0.25) is 0 Å². The zero-order valence-corrected chi connectivity index (χ0v) is 13.3. The molecule has 0 bridgehead atoms. The van der Waals surface area contributed by atoms with E-state index in [2.05, 4.69) is 10.4 Å². The van der Waals surface area contributed by atoms with Crippen LogP contribution in [0.4, 0.5) is 13.2 Å². The first kappa shape index (κ1) is 17.8. The molecule has 0 unspecified atom stereocenters. The first-order valence-electron chi connectivity index (χ1n) is 7.44. The van der Waals surface area contributed by atoms with Gasteiger partial charge in [-0.2, -0.15) is 18.3 Å². The molecule has 0 aliphatic carbocycles. The van der Waals surface area contributed by atoms with Crippen LogP contribution in [0.1, 0.15) is 36.3 Å². The predicted molar refractivity (Wildman–Crippen MR) is 81.5 cm³/mol. The fourth-order valence-corrected chi connectivity index (χ4v) is 1.86. The molecule has 1 atom stereocenters. The molecule has 5 nitrogen and oxygen atoms in total. The van der Waals surface area contributed by atoms with E-state index in [4.69, 9.17) is 4.74 Å². The molecule has 0 radical (unpaired) electrons. The summed E-state index contributed by atoms with van der Waals surface area (Å²) in [5, 5.41) is 6.82. The zero-order chi connectivity index (χ0) is 17.7. The Labute approximate surface area is 137 Å². The van der Waals surface area contributed by atoms with Crippen LogP contribution in [0, 0.1) is 0 Å². The highest BCUT2D eigenvalue weighted by molar-refractivity contribution is 5.92. The van der Waals surface area contributed by atoms with E-state index in [0.29, 0.717) is 0 Å². The number of amides is 1. The number of alkyl halides is 3. The van der Waals surface area contributed by atoms with Crippen LogP contribution < -0.4 is 10.1 Å². The number of carbonyl (C=O) groups excluding carboxylic acids is 1. The van der Waals surface area contributed by atoms with Crippen molar-refractivity contribution < 1.29 is 22.7 Å². The van der Waals surface area contributed by atoms with Gasteiger partial charge in [0.15, 0.2) is 6.73 Å². The summed E-state index contributed by atoms with van der Waals surface area (Å²) in [6.07, 6.45) is -2.10. The quantitative estimate of drug-likeness (QED) is 0.875. The lowest BCUT2D eigenvalue weighted by Crippen LogP contribution is -2.32. The lowest BCUT2D eigenvalue weighted by Gasteiger charge is -2.10. The van der Waals surface area contributed by atoms with Gasteiger partial charge in [-0.05, 0) is 37.6 Å². The topological polar surface area (TPSA) is 56.2 Å². The fraction of sp³-hybridized carbons (Fsp3) is 0.375. The summed E-state index contributed by atoms with van der Waals surface area (Å²) in [6.45, 7) is 3.73. The Kier molecular flexibility index (Phi) is 5.48. The molecule has 0 aliphatic heterocycles. The molecule has 0 saturated carbocycles. The minimum atomic E-state index is -4.42. The number of hydrogen-bond donors (Lipinski definition) is 1. The molecule has 24 heavy (non-hydrogen) atoms. The minimum absolute atomic E-state index is 0.0315. The number of hydrogen-bond acceptors (Lipinski definition) is 3. The maximum Gasteiger partial charge on any atom is 0.416 e. The number of ether oxygens (including phenoxy) is 1. The molecule has 0 saturated heterocycles. The van der Waals surface area contributed by atoms with Crippen molar-refractivity contribution >= 4 is 5.91 Å². The van der Waals surface area contributed by atoms with Gasteiger partial charge in [0, 0.05) is 12.2 Å². The molecule has 0 aliphatic rings. The highest BCUT2D eigenvalue weighted by Gasteiger charge is 2.30. The first-order chi connectivity index (χ1) is 11.3. The largest absolute Gasteiger partial charge is 0.471 e. The van der Waals surface area contributed by atoms with Gasteiger partial charge in [0.2, 0.25) is 0 Å². The molecule has 0 spiro atoms. The van der Waals surface area contributed by atoms with Crippen LogP contribution in [0.3, 0.4) is 0 Å². The van der Waals surface area contributed by atoms with E-state index in [1.807, 2.05) is 13.8 Å². The van der Waals surface area contributed by atoms with Crippen molar-refractivity contribution in [3.63, 3.8) is 0 Å². The zero-order valence-electron chi connectivity index (χ0n) is 13.3. The normalized spacial score (nSPS) is 12.7. The number of rotatable bonds is 6. The van der Waals surface area contributed by atoms with E-state index >= 15 is 0 Å². The summed E-state index contributed by atoms with van der Waals surface area (Å²) >= 11 is 0. The van der Waals surface area contributed by atoms with Crippen LogP contribution >= 0.6 is 0 Å². The standard InChI is InChI=1S/C16H18F3N3O2/c1-3-11(2)20-15(23)14-7-8-22(21-14)10-24-13-6-4-5-12(9-13)16(17,18)19/h4-9,11H,3,10H2,1-2H3,(H,20,23)/t11-/m1/s1. The van der Waals surface area contributed by atoms with Gasteiger partial charge in [-0.3, -0.25) is 4.79 Å². The average molecular weight is 341 g/mol. The molecule has 1 aromatic carbocycles. The van der Waals surface area contributed by atoms with Crippen LogP contribution in [0.15, 0.2) is 36.5 Å². The third-order valence-corrected chi connectivity index (χ3v) is 3.39. The lowest BCUT2D eigenvalue weighted by molar-refractivity contribution is -0.137. The highest BCUT2D eigenvalue weighted by atomic mass is 19.4. The SMILES string of the molecule is CC[C@@H](C)NC(=O)c1ccn(COc2cccc(C(F)(F)F)c2)n1. The average Bonchev–Trinajstić information content (AvgIpc) is 3.01. The monoisotopic (exact) mass is 341 g/mol. The second-order valence-electron chi connectivity index (χ2n) is 5.32. The third kappa shape index (κ3) is 4.74. The van der Waals surface area contributed by atoms with E-state index in [1.54, 1.807) is 0 Å². The molecule has 8 heteroatoms. The van der Waals surface area contributed by atoms with Crippen molar-refractivity contribution in [1.29, 1.82) is 0 Å². The number of carbonyl (C=O) groups is 1. The summed E-state index contributed by atoms with van der Waals surface area (Å²) in [6, 6.07) is 6.14. The molecule has 0 fully saturated rings. The second kappa shape index (κ2) is 7.37. The Morgan fingerprint density at radius 2 is 2.12 bits per heavy atom. The molecule has 2 rings (SSSR count). The Morgan fingerprint density at radius 3 is 2.79 bits per heavy atom. The molecule has 2 aromatic rings. The van der Waals surface area contributed by atoms with Gasteiger partial charge in [-0.1, -0.05) is 13.0 Å². The van der Waals surface area contributed by atoms with Gasteiger partial charge in [0.05, 0.1) is 5.56 Å². The van der Waals surface area contributed by atoms with Crippen molar-refractivity contribution in [1.82, 2.24) is 15.1 Å². The maximum atomic E-state index is 12.6. The Morgan fingerprint density at radius 1 is 1.38 bits per heavy atom. The van der Waals surface area contributed by atoms with Crippen molar-refractivity contribution in [2.24, 2.45) is 0 Å². The molecular weight excluding hydrogens is 323 g/mol. The van der Waals surface area contributed by atoms with Crippen molar-refractivity contribution in [3.05, 3.63) is 47.8 Å². The summed E-state index contributed by atoms with van der Waals surface area (Å²) < 4.78 is 44.5. The van der Waals surface area contributed by atoms with Gasteiger partial charge in [-0.15, -0.1) is 0 Å². The Bertz CT molecular complexity index is 698. The smallest absolute Gasteiger partial charge is 0.416 e. The number of aromatic nitrogens is 2. The first-order valence-corrected chi connectivity index (χ1v) is 7.44. The third-order valence-electron chi connectivity index (χ3n) is 3.39. The summed E-state index contributed by atoms with van der Waals surface area (Å²) in [5.74, 6) is -0.229. The van der Waals surface area contributed by atoms with Crippen molar-refractivity contribution in [2.75, 3.05) is 0 Å². The number of nitrogens with one attached hydrogen (secondary N) is 1. The number of halogens is 3. The summed E-state index contributed by atoms with van der Waals surface area (Å²) in [5.41, 5.74) is -0.558. The van der Waals surface area contributed by atoms with E-state index in [9.17, 15) is 18.0 Å². The van der Waals surface area contributed by atoms with Gasteiger partial charge in [0.25, 0.3) is 5.91 Å². The lowest BCUT2D eigenvalue weighted by atomic mass is 10.2. The Hall–Kier alpha value is -2.51. The molecule has 1 N–H and O–H groups in total. The van der Waals surface area contributed by atoms with Gasteiger partial charge in [-0.25, -0.2) is 4.68 Å². The van der Waals surface area contributed by atoms with Gasteiger partial charge in [0.1, 0.15) is 11.4 Å². The van der Waals surface area contributed by atoms with Gasteiger partial charge < -0.3 is 10.1 Å². The van der Waals surface area contributed by atoms with Crippen LogP contribution in [0.5, 0.6) is 5.75 Å². The van der Waals surface area contributed by atoms with Crippen LogP contribution in [0.25, 0.3) is 0 Å². The van der Waals surface area contributed by atoms with Crippen molar-refractivity contribution in [3.8, 4) is 5.75 Å². The van der Waals surface area contributed by atoms with Crippen LogP contribution in [-0.4, -0.2) is 21.7 Å². The van der Waals surface area contributed by atoms with E-state index < -0.39 is 11.7 Å². The molecular formula is C16H18F3N3O2. The minimum Gasteiger partial charge on any atom is -0.471 e. The van der Waals surface area contributed by atoms with E-state index in [1.165, 1.54) is 29.1 Å². The molecule has 1 heterocycles. The summed E-state index contributed by atoms with van der Waals surface area (Å²) in [7, 11) is 0. The molecule has 130 valence electrons. The van der Waals surface area contributed by atoms with E-state index in [-0.39, 0.29) is 30.1 Å². The second-order valence-corrected chi connectivity index (χ2v) is 5.32. The van der Waals surface area contributed by atoms with Crippen molar-refractivity contribution in [2.45, 2.75) is 39.2 Å².